The van der Waals surface area contributed by atoms with Crippen LogP contribution in [0.4, 0.5) is 8.78 Å². The topological polar surface area (TPSA) is 69.9 Å². The van der Waals surface area contributed by atoms with E-state index in [0.29, 0.717) is 5.02 Å². The van der Waals surface area contributed by atoms with E-state index < -0.39 is 24.0 Å². The molecular formula is C16H12ClF2NO3. The molecule has 2 aromatic rings. The monoisotopic (exact) mass is 339 g/mol. The molecule has 0 saturated heterocycles. The van der Waals surface area contributed by atoms with E-state index in [9.17, 15) is 13.6 Å². The second-order valence-electron chi connectivity index (χ2n) is 4.81. The minimum Gasteiger partial charge on any atom is -0.481 e. The number of hydrogen-bond donors (Lipinski definition) is 2. The molecule has 4 nitrogen and oxygen atoms in total. The lowest BCUT2D eigenvalue weighted by molar-refractivity contribution is -0.141. The molecule has 0 spiro atoms. The Morgan fingerprint density at radius 2 is 1.52 bits per heavy atom. The summed E-state index contributed by atoms with van der Waals surface area (Å²) in [6, 6.07) is 12.8. The Balaban J connectivity index is 2.30. The van der Waals surface area contributed by atoms with Crippen molar-refractivity contribution in [2.45, 2.75) is 12.3 Å². The Kier molecular flexibility index (Phi) is 4.95. The number of rotatable bonds is 5. The average Bonchev–Trinajstić information content (AvgIpc) is 2.48. The van der Waals surface area contributed by atoms with E-state index in [1.807, 2.05) is 0 Å². The van der Waals surface area contributed by atoms with Crippen LogP contribution in [0.25, 0.3) is 11.1 Å². The Morgan fingerprint density at radius 3 is 1.96 bits per heavy atom. The van der Waals surface area contributed by atoms with Crippen molar-refractivity contribution >= 4 is 23.3 Å². The molecule has 0 aromatic heterocycles. The van der Waals surface area contributed by atoms with Crippen LogP contribution in [-0.2, 0) is 4.79 Å². The van der Waals surface area contributed by atoms with Gasteiger partial charge in [-0.3, -0.25) is 4.79 Å². The number of carbonyl (C=O) groups is 1. The van der Waals surface area contributed by atoms with Gasteiger partial charge in [0.15, 0.2) is 5.71 Å². The standard InChI is InChI=1S/C16H12ClF2NO3/c17-13-7-5-11(6-8-13)10-1-3-12(4-2-10)15(20-23)16(18,19)9-14(21)22/h1-8,23H,9H2,(H,21,22). The maximum absolute atomic E-state index is 13.8. The van der Waals surface area contributed by atoms with Crippen LogP contribution in [0.2, 0.25) is 5.02 Å². The lowest BCUT2D eigenvalue weighted by atomic mass is 9.98. The van der Waals surface area contributed by atoms with Crippen LogP contribution in [0, 0.1) is 0 Å². The van der Waals surface area contributed by atoms with Gasteiger partial charge in [-0.1, -0.05) is 53.2 Å². The first-order chi connectivity index (χ1) is 10.8. The Hall–Kier alpha value is -2.47. The molecule has 0 radical (unpaired) electrons. The fourth-order valence-electron chi connectivity index (χ4n) is 2.08. The number of halogens is 3. The van der Waals surface area contributed by atoms with Crippen LogP contribution in [0.3, 0.4) is 0 Å². The van der Waals surface area contributed by atoms with Gasteiger partial charge in [0.25, 0.3) is 0 Å². The van der Waals surface area contributed by atoms with Crippen molar-refractivity contribution in [2.75, 3.05) is 0 Å². The van der Waals surface area contributed by atoms with Gasteiger partial charge in [0.1, 0.15) is 6.42 Å². The molecule has 0 unspecified atom stereocenters. The Labute approximate surface area is 135 Å². The summed E-state index contributed by atoms with van der Waals surface area (Å²) in [4.78, 5) is 10.5. The summed E-state index contributed by atoms with van der Waals surface area (Å²) in [6.45, 7) is 0. The lowest BCUT2D eigenvalue weighted by Gasteiger charge is -2.16. The van der Waals surface area contributed by atoms with Crippen molar-refractivity contribution in [3.63, 3.8) is 0 Å². The molecule has 0 saturated carbocycles. The van der Waals surface area contributed by atoms with Gasteiger partial charge in [-0.05, 0) is 23.3 Å². The molecule has 0 amide bonds. The third-order valence-electron chi connectivity index (χ3n) is 3.16. The lowest BCUT2D eigenvalue weighted by Crippen LogP contribution is -2.32. The van der Waals surface area contributed by atoms with Crippen molar-refractivity contribution < 1.29 is 23.9 Å². The minimum atomic E-state index is -3.78. The molecule has 120 valence electrons. The van der Waals surface area contributed by atoms with E-state index in [2.05, 4.69) is 5.16 Å². The number of benzene rings is 2. The fourth-order valence-corrected chi connectivity index (χ4v) is 2.20. The summed E-state index contributed by atoms with van der Waals surface area (Å²) in [5.74, 6) is -5.46. The van der Waals surface area contributed by atoms with Gasteiger partial charge in [0, 0.05) is 10.6 Å². The maximum Gasteiger partial charge on any atom is 0.309 e. The fraction of sp³-hybridized carbons (Fsp3) is 0.125. The van der Waals surface area contributed by atoms with Crippen LogP contribution < -0.4 is 0 Å². The third-order valence-corrected chi connectivity index (χ3v) is 3.41. The van der Waals surface area contributed by atoms with E-state index in [1.165, 1.54) is 12.1 Å². The van der Waals surface area contributed by atoms with E-state index in [4.69, 9.17) is 21.9 Å². The molecule has 0 bridgehead atoms. The van der Waals surface area contributed by atoms with Crippen molar-refractivity contribution in [1.29, 1.82) is 0 Å². The smallest absolute Gasteiger partial charge is 0.309 e. The predicted molar refractivity (Wildman–Crippen MR) is 82.4 cm³/mol. The number of aliphatic carboxylic acids is 1. The number of carboxylic acid groups (broad SMARTS) is 1. The zero-order chi connectivity index (χ0) is 17.0. The summed E-state index contributed by atoms with van der Waals surface area (Å²) in [7, 11) is 0. The van der Waals surface area contributed by atoms with Crippen LogP contribution in [-0.4, -0.2) is 27.9 Å². The van der Waals surface area contributed by atoms with Gasteiger partial charge < -0.3 is 10.3 Å². The highest BCUT2D eigenvalue weighted by Gasteiger charge is 2.40. The van der Waals surface area contributed by atoms with Crippen LogP contribution in [0.5, 0.6) is 0 Å². The zero-order valence-electron chi connectivity index (χ0n) is 11.7. The van der Waals surface area contributed by atoms with Crippen molar-refractivity contribution in [3.8, 4) is 11.1 Å². The molecule has 7 heteroatoms. The SMILES string of the molecule is O=C(O)CC(F)(F)C(=NO)c1ccc(-c2ccc(Cl)cc2)cc1. The molecule has 2 aromatic carbocycles. The van der Waals surface area contributed by atoms with E-state index in [-0.39, 0.29) is 5.56 Å². The quantitative estimate of drug-likeness (QED) is 0.485. The van der Waals surface area contributed by atoms with E-state index in [1.54, 1.807) is 36.4 Å². The molecular weight excluding hydrogens is 328 g/mol. The third kappa shape index (κ3) is 4.04. The highest BCUT2D eigenvalue weighted by Crippen LogP contribution is 2.27. The molecule has 0 aliphatic carbocycles. The molecule has 2 rings (SSSR count). The normalized spacial score (nSPS) is 12.2. The summed E-state index contributed by atoms with van der Waals surface area (Å²) in [5, 5.41) is 20.5. The molecule has 0 atom stereocenters. The van der Waals surface area contributed by atoms with Gasteiger partial charge in [0.05, 0.1) is 0 Å². The largest absolute Gasteiger partial charge is 0.481 e. The number of alkyl halides is 2. The minimum absolute atomic E-state index is 0.0588. The summed E-state index contributed by atoms with van der Waals surface area (Å²) in [5.41, 5.74) is 0.545. The zero-order valence-corrected chi connectivity index (χ0v) is 12.5. The van der Waals surface area contributed by atoms with Crippen LogP contribution in [0.1, 0.15) is 12.0 Å². The summed E-state index contributed by atoms with van der Waals surface area (Å²) >= 11 is 5.80. The average molecular weight is 340 g/mol. The first kappa shape index (κ1) is 16.9. The van der Waals surface area contributed by atoms with Gasteiger partial charge in [-0.25, -0.2) is 0 Å². The number of oxime groups is 1. The molecule has 0 fully saturated rings. The highest BCUT2D eigenvalue weighted by atomic mass is 35.5. The Morgan fingerprint density at radius 1 is 1.04 bits per heavy atom. The van der Waals surface area contributed by atoms with Crippen molar-refractivity contribution in [2.24, 2.45) is 5.16 Å². The number of hydrogen-bond acceptors (Lipinski definition) is 3. The highest BCUT2D eigenvalue weighted by molar-refractivity contribution is 6.30. The molecule has 0 aliphatic heterocycles. The Bertz CT molecular complexity index is 728. The van der Waals surface area contributed by atoms with Crippen LogP contribution >= 0.6 is 11.6 Å². The second kappa shape index (κ2) is 6.75. The number of carboxylic acids is 1. The van der Waals surface area contributed by atoms with E-state index >= 15 is 0 Å². The van der Waals surface area contributed by atoms with Gasteiger partial charge in [-0.2, -0.15) is 8.78 Å². The van der Waals surface area contributed by atoms with E-state index in [0.717, 1.165) is 11.1 Å². The van der Waals surface area contributed by atoms with Crippen molar-refractivity contribution in [1.82, 2.24) is 0 Å². The summed E-state index contributed by atoms with van der Waals surface area (Å²) < 4.78 is 27.6. The molecule has 0 heterocycles. The molecule has 2 N–H and O–H groups in total. The first-order valence-electron chi connectivity index (χ1n) is 6.52. The van der Waals surface area contributed by atoms with Gasteiger partial charge in [0.2, 0.25) is 0 Å². The molecule has 0 aliphatic rings. The van der Waals surface area contributed by atoms with Crippen molar-refractivity contribution in [3.05, 3.63) is 59.1 Å². The predicted octanol–water partition coefficient (Wildman–Crippen LogP) is 4.30. The van der Waals surface area contributed by atoms with Crippen LogP contribution in [0.15, 0.2) is 53.7 Å². The second-order valence-corrected chi connectivity index (χ2v) is 5.24. The van der Waals surface area contributed by atoms with Gasteiger partial charge in [-0.15, -0.1) is 0 Å². The van der Waals surface area contributed by atoms with Gasteiger partial charge >= 0.3 is 11.9 Å². The first-order valence-corrected chi connectivity index (χ1v) is 6.90. The molecule has 23 heavy (non-hydrogen) atoms. The maximum atomic E-state index is 13.8. The number of nitrogens with zero attached hydrogens (tertiary/aromatic N) is 1. The summed E-state index contributed by atoms with van der Waals surface area (Å²) in [6.07, 6.45) is -1.45.